The Balaban J connectivity index is 2.98. The van der Waals surface area contributed by atoms with Crippen molar-refractivity contribution in [2.45, 2.75) is 13.8 Å². The number of halogens is 1. The molecule has 0 saturated carbocycles. The second kappa shape index (κ2) is 5.40. The Hall–Kier alpha value is -0.700. The van der Waals surface area contributed by atoms with Crippen molar-refractivity contribution in [1.29, 1.82) is 0 Å². The fraction of sp³-hybridized carbons (Fsp3) is 0.400. The van der Waals surface area contributed by atoms with Crippen molar-refractivity contribution in [1.82, 2.24) is 0 Å². The summed E-state index contributed by atoms with van der Waals surface area (Å²) in [6, 6.07) is 5.31. The first-order valence-electron chi connectivity index (χ1n) is 4.77. The Kier molecular flexibility index (Phi) is 4.45. The lowest BCUT2D eigenvalue weighted by atomic mass is 10.4. The Morgan fingerprint density at radius 1 is 1.13 bits per heavy atom. The molecule has 0 N–H and O–H groups in total. The van der Waals surface area contributed by atoms with Crippen LogP contribution in [0.25, 0.3) is 0 Å². The van der Waals surface area contributed by atoms with Crippen molar-refractivity contribution in [3.05, 3.63) is 30.1 Å². The summed E-state index contributed by atoms with van der Waals surface area (Å²) in [5.74, 6) is -0.377. The number of hydrogen-bond acceptors (Lipinski definition) is 3. The molecular weight excluding hydrogens is 218 g/mol. The molecule has 0 atom stereocenters. The van der Waals surface area contributed by atoms with E-state index in [1.807, 2.05) is 0 Å². The first kappa shape index (κ1) is 12.4. The third-order valence-electron chi connectivity index (χ3n) is 1.74. The lowest BCUT2D eigenvalue weighted by Gasteiger charge is -2.16. The molecule has 0 radical (unpaired) electrons. The molecule has 84 valence electrons. The molecule has 5 heteroatoms. The van der Waals surface area contributed by atoms with Crippen LogP contribution in [0.4, 0.5) is 4.39 Å². The van der Waals surface area contributed by atoms with Crippen LogP contribution in [-0.2, 0) is 13.6 Å². The summed E-state index contributed by atoms with van der Waals surface area (Å²) in [5, 5.41) is 0.382. The highest BCUT2D eigenvalue weighted by molar-refractivity contribution is 7.62. The molecule has 1 aromatic rings. The zero-order valence-corrected chi connectivity index (χ0v) is 9.67. The topological polar surface area (TPSA) is 35.5 Å². The van der Waals surface area contributed by atoms with Crippen molar-refractivity contribution < 1.29 is 18.0 Å². The molecule has 0 amide bonds. The van der Waals surface area contributed by atoms with E-state index in [-0.39, 0.29) is 19.0 Å². The summed E-state index contributed by atoms with van der Waals surface area (Å²) in [5.41, 5.74) is 0. The second-order valence-corrected chi connectivity index (χ2v) is 4.84. The van der Waals surface area contributed by atoms with Gasteiger partial charge in [-0.05, 0) is 38.1 Å². The van der Waals surface area contributed by atoms with Gasteiger partial charge in [0.25, 0.3) is 0 Å². The molecule has 1 rings (SSSR count). The van der Waals surface area contributed by atoms with Crippen LogP contribution in [0.3, 0.4) is 0 Å². The normalized spacial score (nSPS) is 11.7. The summed E-state index contributed by atoms with van der Waals surface area (Å²) < 4.78 is 35.0. The van der Waals surface area contributed by atoms with E-state index < -0.39 is 7.60 Å². The SMILES string of the molecule is CCOP(=O)(OCC)c1ccc(F)cc1. The molecule has 0 aromatic heterocycles. The van der Waals surface area contributed by atoms with E-state index in [2.05, 4.69) is 0 Å². The predicted molar refractivity (Wildman–Crippen MR) is 56.9 cm³/mol. The third kappa shape index (κ3) is 3.13. The average molecular weight is 232 g/mol. The average Bonchev–Trinajstić information content (AvgIpc) is 2.19. The Morgan fingerprint density at radius 2 is 1.60 bits per heavy atom. The van der Waals surface area contributed by atoms with Crippen molar-refractivity contribution >= 4 is 12.9 Å². The van der Waals surface area contributed by atoms with Crippen LogP contribution in [0.5, 0.6) is 0 Å². The highest BCUT2D eigenvalue weighted by Gasteiger charge is 2.26. The molecule has 3 nitrogen and oxygen atoms in total. The zero-order valence-electron chi connectivity index (χ0n) is 8.77. The van der Waals surface area contributed by atoms with Gasteiger partial charge >= 0.3 is 7.60 Å². The Morgan fingerprint density at radius 3 is 2.00 bits per heavy atom. The molecule has 0 fully saturated rings. The number of benzene rings is 1. The van der Waals surface area contributed by atoms with Gasteiger partial charge in [-0.3, -0.25) is 4.57 Å². The minimum atomic E-state index is -3.26. The maximum Gasteiger partial charge on any atom is 0.361 e. The van der Waals surface area contributed by atoms with Gasteiger partial charge in [0, 0.05) is 0 Å². The molecular formula is C10H14FO3P. The maximum absolute atomic E-state index is 12.7. The lowest BCUT2D eigenvalue weighted by molar-refractivity contribution is 0.230. The fourth-order valence-electron chi connectivity index (χ4n) is 1.15. The summed E-state index contributed by atoms with van der Waals surface area (Å²) in [6.45, 7) is 4.04. The fourth-order valence-corrected chi connectivity index (χ4v) is 2.72. The van der Waals surface area contributed by atoms with Gasteiger partial charge in [0.1, 0.15) is 5.82 Å². The second-order valence-electron chi connectivity index (χ2n) is 2.81. The van der Waals surface area contributed by atoms with Gasteiger partial charge in [0.15, 0.2) is 0 Å². The van der Waals surface area contributed by atoms with Crippen LogP contribution in [0, 0.1) is 5.82 Å². The Labute approximate surface area is 88.7 Å². The molecule has 0 aliphatic rings. The van der Waals surface area contributed by atoms with Crippen LogP contribution in [0.2, 0.25) is 0 Å². The maximum atomic E-state index is 12.7. The standard InChI is InChI=1S/C10H14FO3P/c1-3-13-15(12,14-4-2)10-7-5-9(11)6-8-10/h5-8H,3-4H2,1-2H3. The minimum absolute atomic E-state index is 0.286. The summed E-state index contributed by atoms with van der Waals surface area (Å²) >= 11 is 0. The predicted octanol–water partition coefficient (Wildman–Crippen LogP) is 2.72. The van der Waals surface area contributed by atoms with Crippen molar-refractivity contribution in [2.75, 3.05) is 13.2 Å². The van der Waals surface area contributed by atoms with Crippen LogP contribution in [0.15, 0.2) is 24.3 Å². The highest BCUT2D eigenvalue weighted by atomic mass is 31.2. The monoisotopic (exact) mass is 232 g/mol. The summed E-state index contributed by atoms with van der Waals surface area (Å²) in [6.07, 6.45) is 0. The van der Waals surface area contributed by atoms with Crippen molar-refractivity contribution in [2.24, 2.45) is 0 Å². The molecule has 0 heterocycles. The highest BCUT2D eigenvalue weighted by Crippen LogP contribution is 2.46. The van der Waals surface area contributed by atoms with E-state index in [0.29, 0.717) is 5.30 Å². The number of rotatable bonds is 5. The molecule has 0 aliphatic carbocycles. The van der Waals surface area contributed by atoms with E-state index in [1.54, 1.807) is 13.8 Å². The van der Waals surface area contributed by atoms with E-state index in [4.69, 9.17) is 9.05 Å². The summed E-state index contributed by atoms with van der Waals surface area (Å²) in [7, 11) is -3.26. The summed E-state index contributed by atoms with van der Waals surface area (Å²) in [4.78, 5) is 0. The minimum Gasteiger partial charge on any atom is -0.305 e. The largest absolute Gasteiger partial charge is 0.361 e. The molecule has 0 aliphatic heterocycles. The van der Waals surface area contributed by atoms with Gasteiger partial charge in [-0.2, -0.15) is 0 Å². The van der Waals surface area contributed by atoms with Crippen molar-refractivity contribution in [3.8, 4) is 0 Å². The van der Waals surface area contributed by atoms with Crippen LogP contribution in [-0.4, -0.2) is 13.2 Å². The first-order chi connectivity index (χ1) is 7.12. The van der Waals surface area contributed by atoms with E-state index in [9.17, 15) is 8.96 Å². The Bertz CT molecular complexity index is 340. The van der Waals surface area contributed by atoms with Crippen molar-refractivity contribution in [3.63, 3.8) is 0 Å². The molecule has 0 saturated heterocycles. The van der Waals surface area contributed by atoms with Crippen LogP contribution >= 0.6 is 7.60 Å². The molecule has 0 unspecified atom stereocenters. The lowest BCUT2D eigenvalue weighted by Crippen LogP contribution is -2.10. The third-order valence-corrected chi connectivity index (χ3v) is 3.87. The van der Waals surface area contributed by atoms with Gasteiger partial charge in [0.2, 0.25) is 0 Å². The molecule has 0 bridgehead atoms. The first-order valence-corrected chi connectivity index (χ1v) is 6.32. The molecule has 0 spiro atoms. The van der Waals surface area contributed by atoms with Crippen LogP contribution in [0.1, 0.15) is 13.8 Å². The van der Waals surface area contributed by atoms with Gasteiger partial charge in [0.05, 0.1) is 18.5 Å². The van der Waals surface area contributed by atoms with Crippen LogP contribution < -0.4 is 5.30 Å². The molecule has 15 heavy (non-hydrogen) atoms. The quantitative estimate of drug-likeness (QED) is 0.732. The van der Waals surface area contributed by atoms with E-state index in [1.165, 1.54) is 24.3 Å². The van der Waals surface area contributed by atoms with Gasteiger partial charge < -0.3 is 9.05 Å². The van der Waals surface area contributed by atoms with Gasteiger partial charge in [-0.1, -0.05) is 0 Å². The smallest absolute Gasteiger partial charge is 0.305 e. The molecule has 1 aromatic carbocycles. The zero-order chi connectivity index (χ0) is 11.3. The van der Waals surface area contributed by atoms with E-state index in [0.717, 1.165) is 0 Å². The van der Waals surface area contributed by atoms with Gasteiger partial charge in [-0.25, -0.2) is 4.39 Å². The van der Waals surface area contributed by atoms with E-state index >= 15 is 0 Å². The van der Waals surface area contributed by atoms with Gasteiger partial charge in [-0.15, -0.1) is 0 Å². The number of hydrogen-bond donors (Lipinski definition) is 0.